The molecule has 3 aromatic rings. The van der Waals surface area contributed by atoms with E-state index in [1.54, 1.807) is 6.20 Å². The van der Waals surface area contributed by atoms with Crippen molar-refractivity contribution < 1.29 is 13.3 Å². The molecule has 4 rings (SSSR count). The molecule has 7 heteroatoms. The first-order valence-corrected chi connectivity index (χ1v) is 7.19. The number of hydrogen-bond acceptors (Lipinski definition) is 5. The molecule has 1 aromatic carbocycles. The third-order valence-electron chi connectivity index (χ3n) is 4.02. The van der Waals surface area contributed by atoms with E-state index in [-0.39, 0.29) is 11.8 Å². The van der Waals surface area contributed by atoms with Crippen LogP contribution in [0.5, 0.6) is 0 Å². The van der Waals surface area contributed by atoms with E-state index in [0.29, 0.717) is 29.4 Å². The van der Waals surface area contributed by atoms with Crippen LogP contribution in [0, 0.1) is 18.6 Å². The Kier molecular flexibility index (Phi) is 3.14. The number of rotatable bonds is 3. The average Bonchev–Trinajstić information content (AvgIpc) is 3.16. The lowest BCUT2D eigenvalue weighted by atomic mass is 10.1. The van der Waals surface area contributed by atoms with Crippen LogP contribution in [0.1, 0.15) is 35.3 Å². The highest BCUT2D eigenvalue weighted by atomic mass is 19.1. The van der Waals surface area contributed by atoms with E-state index in [0.717, 1.165) is 11.6 Å². The van der Waals surface area contributed by atoms with E-state index in [1.807, 2.05) is 6.92 Å². The Morgan fingerprint density at radius 1 is 1.22 bits per heavy atom. The summed E-state index contributed by atoms with van der Waals surface area (Å²) in [6, 6.07) is 3.63. The monoisotopic (exact) mass is 314 g/mol. The van der Waals surface area contributed by atoms with Gasteiger partial charge in [-0.25, -0.2) is 18.7 Å². The summed E-state index contributed by atoms with van der Waals surface area (Å²) < 4.78 is 32.1. The third-order valence-corrected chi connectivity index (χ3v) is 4.02. The normalized spacial score (nSPS) is 19.8. The Balaban J connectivity index is 1.58. The molecule has 0 bridgehead atoms. The Morgan fingerprint density at radius 2 is 2.09 bits per heavy atom. The van der Waals surface area contributed by atoms with Crippen LogP contribution in [0.2, 0.25) is 0 Å². The zero-order valence-corrected chi connectivity index (χ0v) is 12.2. The average molecular weight is 314 g/mol. The van der Waals surface area contributed by atoms with Gasteiger partial charge >= 0.3 is 0 Å². The summed E-state index contributed by atoms with van der Waals surface area (Å²) in [5.74, 6) is -0.378. The number of aromatic nitrogens is 4. The van der Waals surface area contributed by atoms with Crippen molar-refractivity contribution in [2.45, 2.75) is 25.2 Å². The maximum atomic E-state index is 13.8. The van der Waals surface area contributed by atoms with E-state index < -0.39 is 11.6 Å². The van der Waals surface area contributed by atoms with Crippen LogP contribution in [-0.2, 0) is 0 Å². The van der Waals surface area contributed by atoms with Crippen LogP contribution in [0.15, 0.2) is 35.2 Å². The van der Waals surface area contributed by atoms with Crippen molar-refractivity contribution in [1.29, 1.82) is 0 Å². The molecule has 0 saturated heterocycles. The fourth-order valence-electron chi connectivity index (χ4n) is 2.73. The number of nitrogens with zero attached hydrogens (tertiary/aromatic N) is 4. The quantitative estimate of drug-likeness (QED) is 0.741. The summed E-state index contributed by atoms with van der Waals surface area (Å²) in [4.78, 5) is 12.4. The molecule has 0 aliphatic heterocycles. The summed E-state index contributed by atoms with van der Waals surface area (Å²) in [5.41, 5.74) is 1.94. The molecule has 116 valence electrons. The standard InChI is InChI=1S/C16H12F2N4O/c1-8-6-19-7-20-14(8)15-21-16(23-22-15)12-5-11(12)10-3-2-9(17)4-13(10)18/h2-4,6-7,11-12H,5H2,1H3/t11-,12+/m0/s1. The molecule has 2 atom stereocenters. The van der Waals surface area contributed by atoms with Gasteiger partial charge in [0.25, 0.3) is 0 Å². The maximum Gasteiger partial charge on any atom is 0.230 e. The summed E-state index contributed by atoms with van der Waals surface area (Å²) in [5, 5.41) is 3.94. The Hall–Kier alpha value is -2.70. The van der Waals surface area contributed by atoms with E-state index in [4.69, 9.17) is 4.52 Å². The Morgan fingerprint density at radius 3 is 2.87 bits per heavy atom. The van der Waals surface area contributed by atoms with E-state index >= 15 is 0 Å². The number of benzene rings is 1. The second-order valence-corrected chi connectivity index (χ2v) is 5.63. The van der Waals surface area contributed by atoms with Crippen molar-refractivity contribution in [3.8, 4) is 11.5 Å². The van der Waals surface area contributed by atoms with Gasteiger partial charge in [-0.05, 0) is 36.5 Å². The van der Waals surface area contributed by atoms with Gasteiger partial charge < -0.3 is 4.52 Å². The molecular formula is C16H12F2N4O. The number of aryl methyl sites for hydroxylation is 1. The number of hydrogen-bond donors (Lipinski definition) is 0. The van der Waals surface area contributed by atoms with Crippen LogP contribution in [0.3, 0.4) is 0 Å². The summed E-state index contributed by atoms with van der Waals surface area (Å²) in [7, 11) is 0. The molecule has 0 radical (unpaired) electrons. The van der Waals surface area contributed by atoms with Crippen molar-refractivity contribution in [3.05, 3.63) is 59.4 Å². The topological polar surface area (TPSA) is 64.7 Å². The molecular weight excluding hydrogens is 302 g/mol. The van der Waals surface area contributed by atoms with Gasteiger partial charge in [0, 0.05) is 18.2 Å². The molecule has 1 aliphatic carbocycles. The van der Waals surface area contributed by atoms with Gasteiger partial charge in [-0.3, -0.25) is 0 Å². The first-order chi connectivity index (χ1) is 11.1. The first-order valence-electron chi connectivity index (χ1n) is 7.19. The summed E-state index contributed by atoms with van der Waals surface area (Å²) in [6.07, 6.45) is 3.80. The highest BCUT2D eigenvalue weighted by Gasteiger charge is 2.45. The second-order valence-electron chi connectivity index (χ2n) is 5.63. The van der Waals surface area contributed by atoms with Gasteiger partial charge in [-0.1, -0.05) is 11.2 Å². The van der Waals surface area contributed by atoms with Gasteiger partial charge in [0.15, 0.2) is 0 Å². The van der Waals surface area contributed by atoms with Gasteiger partial charge in [-0.15, -0.1) is 0 Å². The molecule has 23 heavy (non-hydrogen) atoms. The highest BCUT2D eigenvalue weighted by Crippen LogP contribution is 2.54. The fourth-order valence-corrected chi connectivity index (χ4v) is 2.73. The molecule has 0 amide bonds. The lowest BCUT2D eigenvalue weighted by Gasteiger charge is -2.00. The van der Waals surface area contributed by atoms with Crippen molar-refractivity contribution in [1.82, 2.24) is 20.1 Å². The van der Waals surface area contributed by atoms with Gasteiger partial charge in [0.1, 0.15) is 23.7 Å². The lowest BCUT2D eigenvalue weighted by molar-refractivity contribution is 0.378. The van der Waals surface area contributed by atoms with Gasteiger partial charge in [-0.2, -0.15) is 4.98 Å². The van der Waals surface area contributed by atoms with Gasteiger partial charge in [0.2, 0.25) is 11.7 Å². The predicted molar refractivity (Wildman–Crippen MR) is 76.5 cm³/mol. The lowest BCUT2D eigenvalue weighted by Crippen LogP contribution is -1.92. The Bertz CT molecular complexity index is 880. The third kappa shape index (κ3) is 2.48. The van der Waals surface area contributed by atoms with Crippen molar-refractivity contribution in [3.63, 3.8) is 0 Å². The highest BCUT2D eigenvalue weighted by molar-refractivity contribution is 5.52. The molecule has 1 aliphatic rings. The molecule has 1 saturated carbocycles. The number of halogens is 2. The summed E-state index contributed by atoms with van der Waals surface area (Å²) >= 11 is 0. The minimum absolute atomic E-state index is 0.0432. The molecule has 0 N–H and O–H groups in total. The molecule has 2 heterocycles. The SMILES string of the molecule is Cc1cncnc1-c1noc([C@@H]2C[C@H]2c2ccc(F)cc2F)n1. The maximum absolute atomic E-state index is 13.8. The second kappa shape index (κ2) is 5.19. The molecule has 2 aromatic heterocycles. The van der Waals surface area contributed by atoms with Crippen molar-refractivity contribution in [2.75, 3.05) is 0 Å². The van der Waals surface area contributed by atoms with Crippen LogP contribution < -0.4 is 0 Å². The van der Waals surface area contributed by atoms with Crippen LogP contribution in [-0.4, -0.2) is 20.1 Å². The molecule has 1 fully saturated rings. The fraction of sp³-hybridized carbons (Fsp3) is 0.250. The van der Waals surface area contributed by atoms with E-state index in [2.05, 4.69) is 20.1 Å². The largest absolute Gasteiger partial charge is 0.339 e. The van der Waals surface area contributed by atoms with Gasteiger partial charge in [0.05, 0.1) is 0 Å². The first kappa shape index (κ1) is 13.9. The van der Waals surface area contributed by atoms with E-state index in [9.17, 15) is 8.78 Å². The predicted octanol–water partition coefficient (Wildman–Crippen LogP) is 3.38. The summed E-state index contributed by atoms with van der Waals surface area (Å²) in [6.45, 7) is 1.86. The van der Waals surface area contributed by atoms with Crippen LogP contribution >= 0.6 is 0 Å². The van der Waals surface area contributed by atoms with E-state index in [1.165, 1.54) is 18.5 Å². The molecule has 0 spiro atoms. The molecule has 0 unspecified atom stereocenters. The zero-order valence-electron chi connectivity index (χ0n) is 12.2. The van der Waals surface area contributed by atoms with Crippen molar-refractivity contribution in [2.24, 2.45) is 0 Å². The Labute approximate surface area is 130 Å². The minimum Gasteiger partial charge on any atom is -0.339 e. The minimum atomic E-state index is -0.581. The van der Waals surface area contributed by atoms with Crippen LogP contribution in [0.4, 0.5) is 8.78 Å². The van der Waals surface area contributed by atoms with Crippen molar-refractivity contribution >= 4 is 0 Å². The van der Waals surface area contributed by atoms with Crippen LogP contribution in [0.25, 0.3) is 11.5 Å². The molecule has 5 nitrogen and oxygen atoms in total. The smallest absolute Gasteiger partial charge is 0.230 e. The zero-order chi connectivity index (χ0) is 16.0.